The number of urea groups is 1. The standard InChI is InChI=1S/C21H20N6O4/c1-10-8-24-19(29)17-16(10)13-7-11(3-5-14(13)26-17)18(28)25-12-4-6-15(23-9-12)20(30)27(2)21(22)31/h3-7,9-10,26H,8H2,1-2H3,(H2,22,31)(H,24,29)(H,25,28). The van der Waals surface area contributed by atoms with Crippen LogP contribution in [0, 0.1) is 0 Å². The number of pyridine rings is 1. The van der Waals surface area contributed by atoms with E-state index in [1.54, 1.807) is 18.2 Å². The van der Waals surface area contributed by atoms with Crippen LogP contribution in [0.2, 0.25) is 0 Å². The van der Waals surface area contributed by atoms with Gasteiger partial charge < -0.3 is 21.4 Å². The van der Waals surface area contributed by atoms with Gasteiger partial charge in [0.1, 0.15) is 11.4 Å². The Balaban J connectivity index is 1.56. The number of rotatable bonds is 3. The van der Waals surface area contributed by atoms with Gasteiger partial charge in [0.2, 0.25) is 0 Å². The number of hydrogen-bond donors (Lipinski definition) is 4. The fourth-order valence-electron chi connectivity index (χ4n) is 3.55. The molecule has 31 heavy (non-hydrogen) atoms. The monoisotopic (exact) mass is 420 g/mol. The van der Waals surface area contributed by atoms with Crippen molar-refractivity contribution in [3.63, 3.8) is 0 Å². The number of nitrogens with one attached hydrogen (secondary N) is 3. The third kappa shape index (κ3) is 3.59. The van der Waals surface area contributed by atoms with Crippen LogP contribution >= 0.6 is 0 Å². The van der Waals surface area contributed by atoms with E-state index in [0.717, 1.165) is 21.4 Å². The summed E-state index contributed by atoms with van der Waals surface area (Å²) in [7, 11) is 1.25. The summed E-state index contributed by atoms with van der Waals surface area (Å²) in [5.74, 6) is -1.04. The largest absolute Gasteiger partial charge is 0.351 e. The van der Waals surface area contributed by atoms with Crippen molar-refractivity contribution >= 4 is 40.3 Å². The van der Waals surface area contributed by atoms with Crippen molar-refractivity contribution in [1.29, 1.82) is 0 Å². The van der Waals surface area contributed by atoms with Gasteiger partial charge in [-0.1, -0.05) is 6.92 Å². The zero-order chi connectivity index (χ0) is 22.3. The van der Waals surface area contributed by atoms with Crippen LogP contribution in [0.4, 0.5) is 10.5 Å². The maximum atomic E-state index is 12.7. The van der Waals surface area contributed by atoms with Crippen molar-refractivity contribution in [2.75, 3.05) is 18.9 Å². The van der Waals surface area contributed by atoms with Gasteiger partial charge in [0.05, 0.1) is 11.9 Å². The quantitative estimate of drug-likeness (QED) is 0.510. The molecule has 4 rings (SSSR count). The van der Waals surface area contributed by atoms with Crippen molar-refractivity contribution in [3.05, 3.63) is 59.0 Å². The minimum atomic E-state index is -0.890. The summed E-state index contributed by atoms with van der Waals surface area (Å²) < 4.78 is 0. The lowest BCUT2D eigenvalue weighted by molar-refractivity contribution is 0.0831. The number of benzene rings is 1. The molecular weight excluding hydrogens is 400 g/mol. The summed E-state index contributed by atoms with van der Waals surface area (Å²) in [4.78, 5) is 55.9. The second-order valence-corrected chi connectivity index (χ2v) is 7.37. The van der Waals surface area contributed by atoms with Crippen molar-refractivity contribution in [2.45, 2.75) is 12.8 Å². The first-order valence-electron chi connectivity index (χ1n) is 9.55. The lowest BCUT2D eigenvalue weighted by Gasteiger charge is -2.19. The number of amides is 5. The summed E-state index contributed by atoms with van der Waals surface area (Å²) >= 11 is 0. The van der Waals surface area contributed by atoms with Crippen molar-refractivity contribution in [1.82, 2.24) is 20.2 Å². The molecule has 1 aliphatic heterocycles. The molecule has 1 unspecified atom stereocenters. The number of primary amides is 1. The van der Waals surface area contributed by atoms with Gasteiger partial charge >= 0.3 is 6.03 Å². The van der Waals surface area contributed by atoms with E-state index < -0.39 is 11.9 Å². The summed E-state index contributed by atoms with van der Waals surface area (Å²) in [6.45, 7) is 2.55. The Morgan fingerprint density at radius 3 is 2.68 bits per heavy atom. The summed E-state index contributed by atoms with van der Waals surface area (Å²) in [6, 6.07) is 7.19. The highest BCUT2D eigenvalue weighted by Gasteiger charge is 2.27. The summed E-state index contributed by atoms with van der Waals surface area (Å²) in [5, 5.41) is 6.39. The molecule has 0 saturated heterocycles. The van der Waals surface area contributed by atoms with Gasteiger partial charge in [0.15, 0.2) is 0 Å². The van der Waals surface area contributed by atoms with Gasteiger partial charge in [0, 0.05) is 36.0 Å². The van der Waals surface area contributed by atoms with E-state index in [2.05, 4.69) is 20.6 Å². The average Bonchev–Trinajstić information content (AvgIpc) is 3.16. The Kier molecular flexibility index (Phi) is 4.90. The number of aromatic amines is 1. The maximum Gasteiger partial charge on any atom is 0.321 e. The van der Waals surface area contributed by atoms with Crippen LogP contribution in [0.5, 0.6) is 0 Å². The molecule has 3 heterocycles. The van der Waals surface area contributed by atoms with Gasteiger partial charge in [-0.3, -0.25) is 19.3 Å². The number of carbonyl (C=O) groups is 4. The molecule has 0 radical (unpaired) electrons. The second-order valence-electron chi connectivity index (χ2n) is 7.37. The molecule has 1 atom stereocenters. The minimum absolute atomic E-state index is 0.0203. The number of fused-ring (bicyclic) bond motifs is 3. The van der Waals surface area contributed by atoms with E-state index in [0.29, 0.717) is 23.5 Å². The van der Waals surface area contributed by atoms with Crippen LogP contribution in [0.15, 0.2) is 36.5 Å². The fraction of sp³-hybridized carbons (Fsp3) is 0.190. The number of hydrogen-bond acceptors (Lipinski definition) is 5. The van der Waals surface area contributed by atoms with E-state index in [9.17, 15) is 19.2 Å². The highest BCUT2D eigenvalue weighted by atomic mass is 16.2. The first-order chi connectivity index (χ1) is 14.8. The van der Waals surface area contributed by atoms with E-state index in [1.165, 1.54) is 25.4 Å². The molecule has 158 valence electrons. The number of imide groups is 1. The highest BCUT2D eigenvalue weighted by Crippen LogP contribution is 2.32. The molecule has 1 aromatic carbocycles. The minimum Gasteiger partial charge on any atom is -0.351 e. The average molecular weight is 420 g/mol. The lowest BCUT2D eigenvalue weighted by Crippen LogP contribution is -2.37. The number of aromatic nitrogens is 2. The first-order valence-corrected chi connectivity index (χ1v) is 9.55. The fourth-order valence-corrected chi connectivity index (χ4v) is 3.55. The third-order valence-corrected chi connectivity index (χ3v) is 5.27. The SMILES string of the molecule is CC1CNC(=O)c2[nH]c3ccc(C(=O)Nc4ccc(C(=O)N(C)C(N)=O)nc4)cc3c21. The van der Waals surface area contributed by atoms with Crippen LogP contribution < -0.4 is 16.4 Å². The second kappa shape index (κ2) is 7.56. The molecule has 0 spiro atoms. The molecular formula is C21H20N6O4. The molecule has 3 aromatic rings. The highest BCUT2D eigenvalue weighted by molar-refractivity contribution is 6.09. The Labute approximate surface area is 176 Å². The molecule has 10 nitrogen and oxygen atoms in total. The predicted molar refractivity (Wildman–Crippen MR) is 113 cm³/mol. The molecule has 0 bridgehead atoms. The number of H-pyrrole nitrogens is 1. The Hall–Kier alpha value is -4.21. The Morgan fingerprint density at radius 2 is 2.00 bits per heavy atom. The Morgan fingerprint density at radius 1 is 1.23 bits per heavy atom. The number of carbonyl (C=O) groups excluding carboxylic acids is 4. The van der Waals surface area contributed by atoms with Crippen LogP contribution in [-0.2, 0) is 0 Å². The van der Waals surface area contributed by atoms with Gasteiger partial charge in [-0.2, -0.15) is 0 Å². The van der Waals surface area contributed by atoms with Gasteiger partial charge in [-0.15, -0.1) is 0 Å². The molecule has 5 N–H and O–H groups in total. The Bertz CT molecular complexity index is 1230. The molecule has 1 aliphatic rings. The molecule has 2 aromatic heterocycles. The number of anilines is 1. The van der Waals surface area contributed by atoms with Gasteiger partial charge in [-0.05, 0) is 35.9 Å². The predicted octanol–water partition coefficient (Wildman–Crippen LogP) is 1.81. The number of nitrogens with zero attached hydrogens (tertiary/aromatic N) is 2. The summed E-state index contributed by atoms with van der Waals surface area (Å²) in [6.07, 6.45) is 1.32. The van der Waals surface area contributed by atoms with Gasteiger partial charge in [-0.25, -0.2) is 9.78 Å². The molecule has 0 saturated carbocycles. The topological polar surface area (TPSA) is 150 Å². The molecule has 10 heteroatoms. The molecule has 0 aliphatic carbocycles. The maximum absolute atomic E-state index is 12.7. The lowest BCUT2D eigenvalue weighted by atomic mass is 9.93. The smallest absolute Gasteiger partial charge is 0.321 e. The van der Waals surface area contributed by atoms with Crippen molar-refractivity contribution < 1.29 is 19.2 Å². The summed E-state index contributed by atoms with van der Waals surface area (Å²) in [5.41, 5.74) is 8.11. The normalized spacial score (nSPS) is 15.2. The first kappa shape index (κ1) is 20.1. The van der Waals surface area contributed by atoms with E-state index in [4.69, 9.17) is 5.73 Å². The van der Waals surface area contributed by atoms with Crippen LogP contribution in [0.1, 0.15) is 49.7 Å². The van der Waals surface area contributed by atoms with Crippen LogP contribution in [-0.4, -0.2) is 52.2 Å². The van der Waals surface area contributed by atoms with E-state index in [-0.39, 0.29) is 23.4 Å². The zero-order valence-electron chi connectivity index (χ0n) is 16.9. The van der Waals surface area contributed by atoms with Gasteiger partial charge in [0.25, 0.3) is 17.7 Å². The molecule has 0 fully saturated rings. The zero-order valence-corrected chi connectivity index (χ0v) is 16.9. The van der Waals surface area contributed by atoms with E-state index >= 15 is 0 Å². The van der Waals surface area contributed by atoms with Crippen LogP contribution in [0.3, 0.4) is 0 Å². The van der Waals surface area contributed by atoms with Crippen LogP contribution in [0.25, 0.3) is 10.9 Å². The number of nitrogens with two attached hydrogens (primary N) is 1. The third-order valence-electron chi connectivity index (χ3n) is 5.27. The molecule has 5 amide bonds. The van der Waals surface area contributed by atoms with Crippen molar-refractivity contribution in [2.24, 2.45) is 5.73 Å². The van der Waals surface area contributed by atoms with Crippen molar-refractivity contribution in [3.8, 4) is 0 Å². The van der Waals surface area contributed by atoms with E-state index in [1.807, 2.05) is 6.92 Å².